The number of aryl methyl sites for hydroxylation is 1. The second-order valence-corrected chi connectivity index (χ2v) is 4.65. The number of rotatable bonds is 4. The summed E-state index contributed by atoms with van der Waals surface area (Å²) in [4.78, 5) is 22.4. The van der Waals surface area contributed by atoms with E-state index in [1.807, 2.05) is 19.1 Å². The molecule has 0 aliphatic heterocycles. The summed E-state index contributed by atoms with van der Waals surface area (Å²) in [5.74, 6) is 0.666. The van der Waals surface area contributed by atoms with Crippen LogP contribution in [-0.4, -0.2) is 34.9 Å². The lowest BCUT2D eigenvalue weighted by atomic mass is 10.2. The SMILES string of the molecule is CNc1cc(C(=O)N(C)Cc2cccnc2)cc(C)n1. The fraction of sp³-hybridized carbons (Fsp3) is 0.267. The maximum absolute atomic E-state index is 12.4. The van der Waals surface area contributed by atoms with Gasteiger partial charge in [0.05, 0.1) is 0 Å². The van der Waals surface area contributed by atoms with E-state index in [4.69, 9.17) is 0 Å². The van der Waals surface area contributed by atoms with Gasteiger partial charge in [-0.05, 0) is 30.7 Å². The maximum atomic E-state index is 12.4. The molecular weight excluding hydrogens is 252 g/mol. The van der Waals surface area contributed by atoms with Crippen molar-refractivity contribution in [2.75, 3.05) is 19.4 Å². The Morgan fingerprint density at radius 3 is 2.85 bits per heavy atom. The van der Waals surface area contributed by atoms with Crippen LogP contribution in [0, 0.1) is 6.92 Å². The number of nitrogens with zero attached hydrogens (tertiary/aromatic N) is 3. The van der Waals surface area contributed by atoms with Gasteiger partial charge in [0.1, 0.15) is 5.82 Å². The van der Waals surface area contributed by atoms with Crippen LogP contribution in [0.25, 0.3) is 0 Å². The average Bonchev–Trinajstić information content (AvgIpc) is 2.46. The summed E-state index contributed by atoms with van der Waals surface area (Å²) in [5.41, 5.74) is 2.45. The van der Waals surface area contributed by atoms with Crippen molar-refractivity contribution < 1.29 is 4.79 Å². The largest absolute Gasteiger partial charge is 0.373 e. The summed E-state index contributed by atoms with van der Waals surface area (Å²) >= 11 is 0. The minimum atomic E-state index is -0.0316. The first-order chi connectivity index (χ1) is 9.60. The number of aromatic nitrogens is 2. The molecule has 0 aromatic carbocycles. The highest BCUT2D eigenvalue weighted by Crippen LogP contribution is 2.13. The Labute approximate surface area is 118 Å². The zero-order valence-electron chi connectivity index (χ0n) is 11.9. The van der Waals surface area contributed by atoms with Crippen molar-refractivity contribution in [3.05, 3.63) is 53.5 Å². The fourth-order valence-corrected chi connectivity index (χ4v) is 1.98. The van der Waals surface area contributed by atoms with Crippen molar-refractivity contribution in [1.29, 1.82) is 0 Å². The normalized spacial score (nSPS) is 10.2. The van der Waals surface area contributed by atoms with Crippen LogP contribution in [0.4, 0.5) is 5.82 Å². The number of carbonyl (C=O) groups excluding carboxylic acids is 1. The maximum Gasteiger partial charge on any atom is 0.254 e. The first-order valence-electron chi connectivity index (χ1n) is 6.41. The molecule has 0 aliphatic rings. The highest BCUT2D eigenvalue weighted by atomic mass is 16.2. The predicted molar refractivity (Wildman–Crippen MR) is 78.6 cm³/mol. The Morgan fingerprint density at radius 1 is 1.40 bits per heavy atom. The Balaban J connectivity index is 2.16. The molecule has 0 fully saturated rings. The molecule has 0 saturated carbocycles. The van der Waals surface area contributed by atoms with Gasteiger partial charge in [0.2, 0.25) is 0 Å². The number of nitrogens with one attached hydrogen (secondary N) is 1. The predicted octanol–water partition coefficient (Wildman–Crippen LogP) is 2.10. The first kappa shape index (κ1) is 14.0. The van der Waals surface area contributed by atoms with Gasteiger partial charge in [-0.1, -0.05) is 6.07 Å². The van der Waals surface area contributed by atoms with Crippen LogP contribution >= 0.6 is 0 Å². The lowest BCUT2D eigenvalue weighted by Gasteiger charge is -2.17. The van der Waals surface area contributed by atoms with Gasteiger partial charge in [0.15, 0.2) is 0 Å². The fourth-order valence-electron chi connectivity index (χ4n) is 1.98. The lowest BCUT2D eigenvalue weighted by molar-refractivity contribution is 0.0785. The molecule has 20 heavy (non-hydrogen) atoms. The smallest absolute Gasteiger partial charge is 0.254 e. The molecule has 2 rings (SSSR count). The third kappa shape index (κ3) is 3.32. The molecule has 0 unspecified atom stereocenters. The molecule has 2 aromatic heterocycles. The van der Waals surface area contributed by atoms with E-state index < -0.39 is 0 Å². The summed E-state index contributed by atoms with van der Waals surface area (Å²) < 4.78 is 0. The summed E-state index contributed by atoms with van der Waals surface area (Å²) in [6, 6.07) is 7.37. The number of hydrogen-bond donors (Lipinski definition) is 1. The second kappa shape index (κ2) is 6.14. The monoisotopic (exact) mass is 270 g/mol. The van der Waals surface area contributed by atoms with Gasteiger partial charge in [-0.2, -0.15) is 0 Å². The Bertz CT molecular complexity index is 598. The second-order valence-electron chi connectivity index (χ2n) is 4.65. The van der Waals surface area contributed by atoms with Gasteiger partial charge in [-0.15, -0.1) is 0 Å². The van der Waals surface area contributed by atoms with Crippen molar-refractivity contribution in [2.24, 2.45) is 0 Å². The first-order valence-corrected chi connectivity index (χ1v) is 6.41. The molecule has 5 heteroatoms. The van der Waals surface area contributed by atoms with E-state index in [-0.39, 0.29) is 5.91 Å². The van der Waals surface area contributed by atoms with Gasteiger partial charge in [-0.3, -0.25) is 9.78 Å². The van der Waals surface area contributed by atoms with Gasteiger partial charge in [0.25, 0.3) is 5.91 Å². The molecule has 2 aromatic rings. The molecule has 1 N–H and O–H groups in total. The van der Waals surface area contributed by atoms with Gasteiger partial charge in [0, 0.05) is 44.3 Å². The Morgan fingerprint density at radius 2 is 2.20 bits per heavy atom. The number of hydrogen-bond acceptors (Lipinski definition) is 4. The third-order valence-corrected chi connectivity index (χ3v) is 2.95. The summed E-state index contributed by atoms with van der Waals surface area (Å²) in [6.07, 6.45) is 3.48. The van der Waals surface area contributed by atoms with E-state index in [9.17, 15) is 4.79 Å². The molecule has 0 saturated heterocycles. The topological polar surface area (TPSA) is 58.1 Å². The summed E-state index contributed by atoms with van der Waals surface area (Å²) in [5, 5.41) is 2.96. The molecule has 1 amide bonds. The van der Waals surface area contributed by atoms with Crippen molar-refractivity contribution in [2.45, 2.75) is 13.5 Å². The van der Waals surface area contributed by atoms with E-state index in [0.29, 0.717) is 17.9 Å². The summed E-state index contributed by atoms with van der Waals surface area (Å²) in [7, 11) is 3.57. The van der Waals surface area contributed by atoms with E-state index in [1.165, 1.54) is 0 Å². The van der Waals surface area contributed by atoms with Crippen molar-refractivity contribution in [3.8, 4) is 0 Å². The van der Waals surface area contributed by atoms with Crippen LogP contribution in [-0.2, 0) is 6.54 Å². The van der Waals surface area contributed by atoms with Crippen LogP contribution < -0.4 is 5.32 Å². The number of carbonyl (C=O) groups is 1. The zero-order chi connectivity index (χ0) is 14.5. The Kier molecular flexibility index (Phi) is 4.30. The summed E-state index contributed by atoms with van der Waals surface area (Å²) in [6.45, 7) is 2.40. The minimum Gasteiger partial charge on any atom is -0.373 e. The van der Waals surface area contributed by atoms with Crippen LogP contribution in [0.3, 0.4) is 0 Å². The number of pyridine rings is 2. The Hall–Kier alpha value is -2.43. The van der Waals surface area contributed by atoms with Gasteiger partial charge >= 0.3 is 0 Å². The highest BCUT2D eigenvalue weighted by molar-refractivity contribution is 5.94. The van der Waals surface area contributed by atoms with Crippen LogP contribution in [0.1, 0.15) is 21.6 Å². The molecule has 0 spiro atoms. The van der Waals surface area contributed by atoms with Crippen molar-refractivity contribution >= 4 is 11.7 Å². The van der Waals surface area contributed by atoms with E-state index >= 15 is 0 Å². The van der Waals surface area contributed by atoms with E-state index in [1.54, 1.807) is 43.5 Å². The molecule has 0 radical (unpaired) electrons. The average molecular weight is 270 g/mol. The highest BCUT2D eigenvalue weighted by Gasteiger charge is 2.13. The number of anilines is 1. The molecule has 104 valence electrons. The molecule has 2 heterocycles. The molecule has 5 nitrogen and oxygen atoms in total. The molecule has 0 aliphatic carbocycles. The third-order valence-electron chi connectivity index (χ3n) is 2.95. The van der Waals surface area contributed by atoms with Crippen molar-refractivity contribution in [1.82, 2.24) is 14.9 Å². The lowest BCUT2D eigenvalue weighted by Crippen LogP contribution is -2.26. The van der Waals surface area contributed by atoms with Crippen LogP contribution in [0.2, 0.25) is 0 Å². The zero-order valence-corrected chi connectivity index (χ0v) is 11.9. The van der Waals surface area contributed by atoms with Crippen LogP contribution in [0.15, 0.2) is 36.7 Å². The van der Waals surface area contributed by atoms with E-state index in [2.05, 4.69) is 15.3 Å². The quantitative estimate of drug-likeness (QED) is 0.924. The van der Waals surface area contributed by atoms with Gasteiger partial charge in [-0.25, -0.2) is 4.98 Å². The standard InChI is InChI=1S/C15H18N4O/c1-11-7-13(8-14(16-2)18-11)15(20)19(3)10-12-5-4-6-17-9-12/h4-9H,10H2,1-3H3,(H,16,18). The number of amides is 1. The van der Waals surface area contributed by atoms with E-state index in [0.717, 1.165) is 11.3 Å². The van der Waals surface area contributed by atoms with Crippen molar-refractivity contribution in [3.63, 3.8) is 0 Å². The van der Waals surface area contributed by atoms with Gasteiger partial charge < -0.3 is 10.2 Å². The molecule has 0 atom stereocenters. The van der Waals surface area contributed by atoms with Crippen LogP contribution in [0.5, 0.6) is 0 Å². The molecular formula is C15H18N4O. The minimum absolute atomic E-state index is 0.0316. The molecule has 0 bridgehead atoms.